The highest BCUT2D eigenvalue weighted by atomic mass is 32.1. The molecule has 1 aliphatic rings. The number of hydrogen-bond donors (Lipinski definition) is 1. The monoisotopic (exact) mass is 396 g/mol. The fraction of sp³-hybridized carbons (Fsp3) is 0.300. The molecule has 1 aliphatic carbocycles. The van der Waals surface area contributed by atoms with Crippen LogP contribution in [0.2, 0.25) is 0 Å². The van der Waals surface area contributed by atoms with E-state index in [1.165, 1.54) is 34.4 Å². The second-order valence-corrected chi connectivity index (χ2v) is 7.82. The van der Waals surface area contributed by atoms with Gasteiger partial charge < -0.3 is 5.32 Å². The summed E-state index contributed by atoms with van der Waals surface area (Å²) in [6.45, 7) is -0.204. The summed E-state index contributed by atoms with van der Waals surface area (Å²) in [7, 11) is 0. The van der Waals surface area contributed by atoms with E-state index in [0.717, 1.165) is 12.8 Å². The van der Waals surface area contributed by atoms with Gasteiger partial charge in [-0.25, -0.2) is 9.37 Å². The number of benzene rings is 1. The first-order valence-corrected chi connectivity index (χ1v) is 9.84. The van der Waals surface area contributed by atoms with Gasteiger partial charge in [-0.15, -0.1) is 11.3 Å². The normalized spacial score (nSPS) is 15.4. The van der Waals surface area contributed by atoms with Crippen molar-refractivity contribution >= 4 is 27.5 Å². The van der Waals surface area contributed by atoms with E-state index in [1.807, 2.05) is 0 Å². The largest absolute Gasteiger partial charge is 0.336 e. The van der Waals surface area contributed by atoms with Crippen molar-refractivity contribution in [1.29, 1.82) is 5.26 Å². The third-order valence-electron chi connectivity index (χ3n) is 5.08. The Hall–Kier alpha value is -3.05. The Morgan fingerprint density at radius 1 is 1.32 bits per heavy atom. The van der Waals surface area contributed by atoms with Gasteiger partial charge in [-0.05, 0) is 43.4 Å². The van der Waals surface area contributed by atoms with E-state index in [0.29, 0.717) is 34.2 Å². The molecule has 1 fully saturated rings. The van der Waals surface area contributed by atoms with Crippen molar-refractivity contribution in [2.45, 2.75) is 37.8 Å². The maximum atomic E-state index is 13.2. The van der Waals surface area contributed by atoms with Crippen LogP contribution in [0.1, 0.15) is 25.7 Å². The number of nitrogens with one attached hydrogen (secondary N) is 1. The zero-order valence-electron chi connectivity index (χ0n) is 14.9. The highest BCUT2D eigenvalue weighted by molar-refractivity contribution is 7.17. The standard InChI is InChI=1S/C20H17FN4O2S/c21-14-5-3-13(4-6-14)15-10-28-18-17(15)19(27)25(12-23-18)9-16(26)24-20(11-22)7-1-2-8-20/h3-6,10,12H,1-2,7-9H2,(H,24,26). The Labute approximate surface area is 164 Å². The van der Waals surface area contributed by atoms with Crippen LogP contribution < -0.4 is 10.9 Å². The van der Waals surface area contributed by atoms with Crippen molar-refractivity contribution in [3.05, 3.63) is 52.1 Å². The van der Waals surface area contributed by atoms with Crippen molar-refractivity contribution in [2.24, 2.45) is 0 Å². The van der Waals surface area contributed by atoms with Gasteiger partial charge in [-0.2, -0.15) is 5.26 Å². The molecule has 0 aliphatic heterocycles. The zero-order valence-corrected chi connectivity index (χ0v) is 15.8. The molecular weight excluding hydrogens is 379 g/mol. The fourth-order valence-corrected chi connectivity index (χ4v) is 4.53. The van der Waals surface area contributed by atoms with E-state index in [-0.39, 0.29) is 23.8 Å². The number of nitrogens with zero attached hydrogens (tertiary/aromatic N) is 3. The quantitative estimate of drug-likeness (QED) is 0.733. The first-order valence-electron chi connectivity index (χ1n) is 8.96. The van der Waals surface area contributed by atoms with Crippen LogP contribution in [0.5, 0.6) is 0 Å². The van der Waals surface area contributed by atoms with Crippen LogP contribution in [0.25, 0.3) is 21.3 Å². The van der Waals surface area contributed by atoms with Crippen molar-refractivity contribution in [3.8, 4) is 17.2 Å². The molecule has 2 heterocycles. The van der Waals surface area contributed by atoms with Gasteiger partial charge in [0.15, 0.2) is 0 Å². The number of rotatable bonds is 4. The predicted octanol–water partition coefficient (Wildman–Crippen LogP) is 3.22. The lowest BCUT2D eigenvalue weighted by molar-refractivity contribution is -0.123. The van der Waals surface area contributed by atoms with Gasteiger partial charge in [0.2, 0.25) is 5.91 Å². The SMILES string of the molecule is N#CC1(NC(=O)Cn2cnc3scc(-c4ccc(F)cc4)c3c2=O)CCCC1. The average Bonchev–Trinajstić information content (AvgIpc) is 3.33. The van der Waals surface area contributed by atoms with Crippen LogP contribution in [-0.4, -0.2) is 21.0 Å². The van der Waals surface area contributed by atoms with Crippen LogP contribution in [0.3, 0.4) is 0 Å². The second kappa shape index (κ2) is 7.17. The highest BCUT2D eigenvalue weighted by Gasteiger charge is 2.35. The maximum absolute atomic E-state index is 13.2. The fourth-order valence-electron chi connectivity index (χ4n) is 3.63. The Kier molecular flexibility index (Phi) is 4.69. The molecule has 3 aromatic rings. The smallest absolute Gasteiger partial charge is 0.263 e. The molecule has 0 spiro atoms. The summed E-state index contributed by atoms with van der Waals surface area (Å²) in [4.78, 5) is 30.3. The lowest BCUT2D eigenvalue weighted by atomic mass is 10.00. The molecule has 6 nitrogen and oxygen atoms in total. The molecule has 4 rings (SSSR count). The Morgan fingerprint density at radius 2 is 2.04 bits per heavy atom. The summed E-state index contributed by atoms with van der Waals surface area (Å²) < 4.78 is 14.5. The number of carbonyl (C=O) groups excluding carboxylic acids is 1. The number of aromatic nitrogens is 2. The summed E-state index contributed by atoms with van der Waals surface area (Å²) in [5.41, 5.74) is 0.206. The summed E-state index contributed by atoms with van der Waals surface area (Å²) in [5.74, 6) is -0.737. The summed E-state index contributed by atoms with van der Waals surface area (Å²) in [5, 5.41) is 14.4. The first-order chi connectivity index (χ1) is 13.5. The molecule has 0 atom stereocenters. The summed E-state index contributed by atoms with van der Waals surface area (Å²) >= 11 is 1.32. The molecule has 0 bridgehead atoms. The molecule has 1 aromatic carbocycles. The van der Waals surface area contributed by atoms with Crippen molar-refractivity contribution in [1.82, 2.24) is 14.9 Å². The van der Waals surface area contributed by atoms with Crippen molar-refractivity contribution < 1.29 is 9.18 Å². The summed E-state index contributed by atoms with van der Waals surface area (Å²) in [6.07, 6.45) is 4.40. The number of thiophene rings is 1. The van der Waals surface area contributed by atoms with Gasteiger partial charge in [0.1, 0.15) is 22.7 Å². The molecule has 0 unspecified atom stereocenters. The van der Waals surface area contributed by atoms with E-state index in [2.05, 4.69) is 16.4 Å². The minimum atomic E-state index is -0.833. The number of halogens is 1. The maximum Gasteiger partial charge on any atom is 0.263 e. The number of amides is 1. The number of carbonyl (C=O) groups is 1. The molecule has 2 aromatic heterocycles. The lowest BCUT2D eigenvalue weighted by Gasteiger charge is -2.22. The molecule has 8 heteroatoms. The molecule has 0 radical (unpaired) electrons. The molecule has 142 valence electrons. The Balaban J connectivity index is 1.65. The van der Waals surface area contributed by atoms with Gasteiger partial charge in [0.25, 0.3) is 5.56 Å². The van der Waals surface area contributed by atoms with Gasteiger partial charge in [-0.1, -0.05) is 12.1 Å². The minimum Gasteiger partial charge on any atom is -0.336 e. The molecular formula is C20H17FN4O2S. The van der Waals surface area contributed by atoms with Gasteiger partial charge in [-0.3, -0.25) is 14.2 Å². The molecule has 28 heavy (non-hydrogen) atoms. The molecule has 1 saturated carbocycles. The van der Waals surface area contributed by atoms with Gasteiger partial charge >= 0.3 is 0 Å². The van der Waals surface area contributed by atoms with E-state index >= 15 is 0 Å². The minimum absolute atomic E-state index is 0.204. The molecule has 1 N–H and O–H groups in total. The number of nitriles is 1. The first kappa shape index (κ1) is 18.3. The number of hydrogen-bond acceptors (Lipinski definition) is 5. The highest BCUT2D eigenvalue weighted by Crippen LogP contribution is 2.31. The van der Waals surface area contributed by atoms with Crippen molar-refractivity contribution in [3.63, 3.8) is 0 Å². The van der Waals surface area contributed by atoms with E-state index in [4.69, 9.17) is 0 Å². The van der Waals surface area contributed by atoms with Crippen molar-refractivity contribution in [2.75, 3.05) is 0 Å². The van der Waals surface area contributed by atoms with E-state index in [1.54, 1.807) is 17.5 Å². The second-order valence-electron chi connectivity index (χ2n) is 6.96. The Bertz CT molecular complexity index is 1140. The van der Waals surface area contributed by atoms with Crippen LogP contribution in [0.15, 0.2) is 40.8 Å². The van der Waals surface area contributed by atoms with Crippen LogP contribution in [0, 0.1) is 17.1 Å². The Morgan fingerprint density at radius 3 is 2.71 bits per heavy atom. The van der Waals surface area contributed by atoms with Crippen LogP contribution >= 0.6 is 11.3 Å². The third kappa shape index (κ3) is 3.29. The average molecular weight is 396 g/mol. The van der Waals surface area contributed by atoms with Gasteiger partial charge in [0.05, 0.1) is 17.8 Å². The predicted molar refractivity (Wildman–Crippen MR) is 104 cm³/mol. The molecule has 1 amide bonds. The van der Waals surface area contributed by atoms with Crippen LogP contribution in [0.4, 0.5) is 4.39 Å². The van der Waals surface area contributed by atoms with Gasteiger partial charge in [0, 0.05) is 10.9 Å². The molecule has 0 saturated heterocycles. The van der Waals surface area contributed by atoms with E-state index in [9.17, 15) is 19.2 Å². The van der Waals surface area contributed by atoms with Crippen LogP contribution in [-0.2, 0) is 11.3 Å². The number of fused-ring (bicyclic) bond motifs is 1. The zero-order chi connectivity index (χ0) is 19.7. The third-order valence-corrected chi connectivity index (χ3v) is 5.97. The van der Waals surface area contributed by atoms with E-state index < -0.39 is 5.54 Å². The lowest BCUT2D eigenvalue weighted by Crippen LogP contribution is -2.47. The summed E-state index contributed by atoms with van der Waals surface area (Å²) in [6, 6.07) is 8.10. The topological polar surface area (TPSA) is 87.8 Å².